The second-order valence-corrected chi connectivity index (χ2v) is 14.1. The molecule has 12 atom stereocenters. The van der Waals surface area contributed by atoms with Crippen LogP contribution in [-0.2, 0) is 14.2 Å². The molecule has 282 valence electrons. The molecule has 1 aromatic heterocycles. The number of piperidine rings is 1. The number of halogens is 1. The number of anilines is 1. The lowest BCUT2D eigenvalue weighted by atomic mass is 9.89. The molecule has 18 heteroatoms. The normalized spacial score (nSPS) is 37.5. The van der Waals surface area contributed by atoms with Crippen LogP contribution in [0.3, 0.4) is 0 Å². The molecule has 17 nitrogen and oxygen atoms in total. The molecule has 51 heavy (non-hydrogen) atoms. The van der Waals surface area contributed by atoms with E-state index < -0.39 is 97.3 Å². The lowest BCUT2D eigenvalue weighted by Crippen LogP contribution is -2.68. The van der Waals surface area contributed by atoms with Gasteiger partial charge in [-0.05, 0) is 37.7 Å². The second kappa shape index (κ2) is 14.1. The summed E-state index contributed by atoms with van der Waals surface area (Å²) < 4.78 is 40.9. The number of carboxylic acid groups (broad SMARTS) is 1. The van der Waals surface area contributed by atoms with Gasteiger partial charge in [-0.3, -0.25) is 9.69 Å². The Labute approximate surface area is 290 Å². The maximum atomic E-state index is 16.1. The molecule has 1 aliphatic carbocycles. The van der Waals surface area contributed by atoms with Crippen LogP contribution in [0.5, 0.6) is 5.75 Å². The van der Waals surface area contributed by atoms with Gasteiger partial charge in [0.15, 0.2) is 17.9 Å². The fourth-order valence-electron chi connectivity index (χ4n) is 8.28. The Bertz CT molecular complexity index is 1690. The van der Waals surface area contributed by atoms with E-state index in [1.807, 2.05) is 4.90 Å². The fourth-order valence-corrected chi connectivity index (χ4v) is 8.28. The number of likely N-dealkylation sites (tertiary alicyclic amines) is 1. The summed E-state index contributed by atoms with van der Waals surface area (Å²) in [5.41, 5.74) is -0.846. The molecule has 0 spiro atoms. The van der Waals surface area contributed by atoms with E-state index in [9.17, 15) is 50.4 Å². The average molecular weight is 726 g/mol. The number of benzene rings is 1. The summed E-state index contributed by atoms with van der Waals surface area (Å²) in [6.45, 7) is -0.351. The number of pyridine rings is 1. The second-order valence-electron chi connectivity index (χ2n) is 14.1. The molecule has 0 bridgehead atoms. The molecule has 1 unspecified atom stereocenters. The Morgan fingerprint density at radius 2 is 1.69 bits per heavy atom. The summed E-state index contributed by atoms with van der Waals surface area (Å²) in [5, 5.41) is 82.9. The molecule has 4 aliphatic heterocycles. The van der Waals surface area contributed by atoms with Crippen LogP contribution in [0, 0.1) is 11.7 Å². The van der Waals surface area contributed by atoms with Gasteiger partial charge in [0, 0.05) is 37.9 Å². The van der Waals surface area contributed by atoms with Crippen molar-refractivity contribution in [1.82, 2.24) is 9.47 Å². The van der Waals surface area contributed by atoms with E-state index in [1.165, 1.54) is 13.3 Å². The lowest BCUT2D eigenvalue weighted by Gasteiger charge is -2.50. The largest absolute Gasteiger partial charge is 0.492 e. The molecule has 1 saturated carbocycles. The molecule has 8 N–H and O–H groups in total. The minimum atomic E-state index is -1.79. The highest BCUT2D eigenvalue weighted by Crippen LogP contribution is 2.46. The van der Waals surface area contributed by atoms with Crippen molar-refractivity contribution >= 4 is 22.6 Å². The summed E-state index contributed by atoms with van der Waals surface area (Å²) >= 11 is 0. The first-order valence-corrected chi connectivity index (χ1v) is 17.2. The smallest absolute Gasteiger partial charge is 0.341 e. The third-order valence-electron chi connectivity index (χ3n) is 11.0. The number of hydrogen-bond acceptors (Lipinski definition) is 15. The highest BCUT2D eigenvalue weighted by Gasteiger charge is 2.54. The molecule has 2 aromatic rings. The molecule has 1 aromatic carbocycles. The van der Waals surface area contributed by atoms with E-state index >= 15 is 4.39 Å². The summed E-state index contributed by atoms with van der Waals surface area (Å²) in [5.74, 6) is -2.11. The van der Waals surface area contributed by atoms with Gasteiger partial charge in [-0.1, -0.05) is 0 Å². The number of aromatic nitrogens is 1. The van der Waals surface area contributed by atoms with Crippen molar-refractivity contribution in [2.45, 2.75) is 99.1 Å². The van der Waals surface area contributed by atoms with Gasteiger partial charge in [0.2, 0.25) is 5.43 Å². The molecular weight excluding hydrogens is 681 g/mol. The van der Waals surface area contributed by atoms with Crippen molar-refractivity contribution < 1.29 is 69.0 Å². The van der Waals surface area contributed by atoms with E-state index in [4.69, 9.17) is 18.9 Å². The summed E-state index contributed by atoms with van der Waals surface area (Å²) in [6.07, 6.45) is -11.0. The van der Waals surface area contributed by atoms with Crippen molar-refractivity contribution in [3.8, 4) is 5.75 Å². The summed E-state index contributed by atoms with van der Waals surface area (Å²) in [4.78, 5) is 28.7. The first kappa shape index (κ1) is 36.4. The number of fused-ring (bicyclic) bond motifs is 2. The third-order valence-corrected chi connectivity index (χ3v) is 11.0. The fraction of sp³-hybridized carbons (Fsp3) is 0.697. The minimum Gasteiger partial charge on any atom is -0.492 e. The number of rotatable bonds is 9. The highest BCUT2D eigenvalue weighted by molar-refractivity contribution is 5.97. The molecule has 5 fully saturated rings. The van der Waals surface area contributed by atoms with Gasteiger partial charge >= 0.3 is 5.97 Å². The van der Waals surface area contributed by atoms with Crippen LogP contribution in [-0.4, -0.2) is 164 Å². The number of aliphatic hydroxyl groups excluding tert-OH is 7. The minimum absolute atomic E-state index is 0.0535. The van der Waals surface area contributed by atoms with Gasteiger partial charge in [0.05, 0.1) is 31.2 Å². The zero-order chi connectivity index (χ0) is 36.5. The number of carboxylic acids is 1. The van der Waals surface area contributed by atoms with Crippen molar-refractivity contribution in [3.05, 3.63) is 33.9 Å². The number of methoxy groups -OCH3 is 1. The van der Waals surface area contributed by atoms with Crippen molar-refractivity contribution in [1.29, 1.82) is 0 Å². The van der Waals surface area contributed by atoms with Crippen molar-refractivity contribution in [2.75, 3.05) is 44.9 Å². The van der Waals surface area contributed by atoms with Crippen LogP contribution in [0.1, 0.15) is 42.1 Å². The first-order chi connectivity index (χ1) is 24.4. The number of carbonyl (C=O) groups is 1. The van der Waals surface area contributed by atoms with Crippen molar-refractivity contribution in [2.24, 2.45) is 5.92 Å². The zero-order valence-corrected chi connectivity index (χ0v) is 27.8. The van der Waals surface area contributed by atoms with Crippen molar-refractivity contribution in [3.63, 3.8) is 0 Å². The first-order valence-electron chi connectivity index (χ1n) is 17.2. The number of nitrogens with zero attached hydrogens (tertiary/aromatic N) is 3. The Morgan fingerprint density at radius 3 is 2.33 bits per heavy atom. The predicted molar refractivity (Wildman–Crippen MR) is 172 cm³/mol. The predicted octanol–water partition coefficient (Wildman–Crippen LogP) is -2.29. The zero-order valence-electron chi connectivity index (χ0n) is 27.8. The number of aromatic carboxylic acids is 1. The van der Waals surface area contributed by atoms with Crippen LogP contribution in [0.2, 0.25) is 0 Å². The Balaban J connectivity index is 1.15. The monoisotopic (exact) mass is 725 g/mol. The number of aliphatic hydroxyl groups is 7. The van der Waals surface area contributed by atoms with Gasteiger partial charge in [0.25, 0.3) is 0 Å². The van der Waals surface area contributed by atoms with E-state index in [-0.39, 0.29) is 41.4 Å². The topological polar surface area (TPSA) is 244 Å². The van der Waals surface area contributed by atoms with Crippen LogP contribution in [0.25, 0.3) is 10.9 Å². The van der Waals surface area contributed by atoms with Gasteiger partial charge < -0.3 is 69.3 Å². The Kier molecular flexibility index (Phi) is 10.0. The Morgan fingerprint density at radius 1 is 0.961 bits per heavy atom. The lowest BCUT2D eigenvalue weighted by molar-refractivity contribution is -0.350. The molecule has 7 rings (SSSR count). The standard InChI is InChI=1S/C33H44FN3O14/c1-48-30-21-15(23(40)16(32(46)47)9-37(21)14-4-5-14)7-17(34)22(30)35-8-13-3-2-6-36(18(13)10-35)31-27(44)26(43)29(20(12-39)49-31)51-33-28(45)25(42)24(41)19(11-38)50-33/h7,9,13-14,18-20,24-29,31,33,38-39,41-45H,2-6,8,10-12H2,1H3,(H,46,47)/t13-,18+,19+,20+,24-,25-,26+,27+,28+,29+,31?,33-/m0/s1. The third kappa shape index (κ3) is 6.19. The summed E-state index contributed by atoms with van der Waals surface area (Å²) in [7, 11) is 1.37. The quantitative estimate of drug-likeness (QED) is 0.136. The van der Waals surface area contributed by atoms with E-state index in [1.54, 1.807) is 9.47 Å². The van der Waals surface area contributed by atoms with Crippen LogP contribution < -0.4 is 15.1 Å². The Hall–Kier alpha value is -3.01. The molecule has 4 saturated heterocycles. The SMILES string of the molecule is COc1c(N2C[C@@H]3CCCN(C4O[C@H](CO)[C@@H](O[C@@H]5O[C@H](CO)[C@H](O)[C@H](O)[C@H]5O)[C@H](O)[C@H]4O)[C@@H]3C2)c(F)cc2c(=O)c(C(=O)O)cn(C3CC3)c12. The maximum absolute atomic E-state index is 16.1. The molecule has 0 radical (unpaired) electrons. The maximum Gasteiger partial charge on any atom is 0.341 e. The van der Waals surface area contributed by atoms with E-state index in [0.717, 1.165) is 25.3 Å². The van der Waals surface area contributed by atoms with Gasteiger partial charge in [-0.15, -0.1) is 0 Å². The molecule has 5 aliphatic rings. The molecule has 0 amide bonds. The number of ether oxygens (including phenoxy) is 4. The molecular formula is C33H44FN3O14. The van der Waals surface area contributed by atoms with Gasteiger partial charge in [0.1, 0.15) is 66.3 Å². The summed E-state index contributed by atoms with van der Waals surface area (Å²) in [6, 6.07) is 0.666. The van der Waals surface area contributed by atoms with Crippen LogP contribution >= 0.6 is 0 Å². The van der Waals surface area contributed by atoms with Crippen LogP contribution in [0.15, 0.2) is 17.1 Å². The highest BCUT2D eigenvalue weighted by atomic mass is 19.1. The average Bonchev–Trinajstić information content (AvgIpc) is 3.87. The molecule has 5 heterocycles. The van der Waals surface area contributed by atoms with Gasteiger partial charge in [-0.25, -0.2) is 9.18 Å². The van der Waals surface area contributed by atoms with E-state index in [2.05, 4.69) is 0 Å². The number of hydrogen-bond donors (Lipinski definition) is 8. The van der Waals surface area contributed by atoms with Crippen LogP contribution in [0.4, 0.5) is 10.1 Å². The van der Waals surface area contributed by atoms with E-state index in [0.29, 0.717) is 25.0 Å². The van der Waals surface area contributed by atoms with Gasteiger partial charge in [-0.2, -0.15) is 0 Å².